The number of fused-ring (bicyclic) bond motifs is 1. The van der Waals surface area contributed by atoms with Crippen molar-refractivity contribution in [3.63, 3.8) is 0 Å². The van der Waals surface area contributed by atoms with Crippen LogP contribution in [0.15, 0.2) is 42.5 Å². The van der Waals surface area contributed by atoms with Crippen LogP contribution in [0.4, 0.5) is 9.18 Å². The van der Waals surface area contributed by atoms with Gasteiger partial charge in [0.05, 0.1) is 18.7 Å². The highest BCUT2D eigenvalue weighted by Crippen LogP contribution is 2.22. The fourth-order valence-electron chi connectivity index (χ4n) is 2.54. The van der Waals surface area contributed by atoms with Crippen molar-refractivity contribution in [1.29, 1.82) is 0 Å². The fraction of sp³-hybridized carbons (Fsp3) is 0.176. The van der Waals surface area contributed by atoms with Gasteiger partial charge in [-0.05, 0) is 29.8 Å². The molecule has 6 nitrogen and oxygen atoms in total. The van der Waals surface area contributed by atoms with E-state index in [9.17, 15) is 9.18 Å². The molecule has 2 aromatic carbocycles. The third-order valence-corrected chi connectivity index (χ3v) is 3.71. The van der Waals surface area contributed by atoms with Gasteiger partial charge in [-0.3, -0.25) is 0 Å². The third kappa shape index (κ3) is 3.29. The van der Waals surface area contributed by atoms with Crippen molar-refractivity contribution in [2.75, 3.05) is 7.11 Å². The fourth-order valence-corrected chi connectivity index (χ4v) is 2.54. The van der Waals surface area contributed by atoms with Gasteiger partial charge in [-0.1, -0.05) is 18.2 Å². The summed E-state index contributed by atoms with van der Waals surface area (Å²) in [7, 11) is 1.58. The lowest BCUT2D eigenvalue weighted by Gasteiger charge is -2.15. The van der Waals surface area contributed by atoms with Gasteiger partial charge in [0, 0.05) is 6.42 Å². The van der Waals surface area contributed by atoms with Crippen molar-refractivity contribution in [2.24, 2.45) is 0 Å². The number of ether oxygens (including phenoxy) is 1. The predicted molar refractivity (Wildman–Crippen MR) is 86.7 cm³/mol. The molecule has 24 heavy (non-hydrogen) atoms. The number of benzene rings is 2. The Balaban J connectivity index is 1.92. The zero-order chi connectivity index (χ0) is 17.1. The molecule has 3 rings (SSSR count). The molecule has 0 aliphatic rings. The molecule has 0 aliphatic heterocycles. The van der Waals surface area contributed by atoms with Crippen molar-refractivity contribution in [3.05, 3.63) is 59.7 Å². The van der Waals surface area contributed by atoms with E-state index in [-0.39, 0.29) is 5.52 Å². The number of hydrogen-bond donors (Lipinski definition) is 3. The number of nitrogens with zero attached hydrogens (tertiary/aromatic N) is 1. The molecule has 124 valence electrons. The molecule has 3 N–H and O–H groups in total. The standard InChI is InChI=1S/C17H16FN3O3/c1-24-11-7-5-10(6-8-11)9-14(20-17(22)23)16-19-13-4-2-3-12(18)15(13)21-16/h2-8,14,20H,9H2,1H3,(H,19,21)(H,22,23)/t14-/m1/s1. The van der Waals surface area contributed by atoms with E-state index >= 15 is 0 Å². The maximum Gasteiger partial charge on any atom is 0.405 e. The minimum atomic E-state index is -1.17. The molecule has 1 amide bonds. The molecule has 0 radical (unpaired) electrons. The third-order valence-electron chi connectivity index (χ3n) is 3.71. The summed E-state index contributed by atoms with van der Waals surface area (Å²) in [4.78, 5) is 18.3. The van der Waals surface area contributed by atoms with Gasteiger partial charge < -0.3 is 20.1 Å². The van der Waals surface area contributed by atoms with Gasteiger partial charge in [0.1, 0.15) is 17.1 Å². The molecule has 7 heteroatoms. The number of rotatable bonds is 5. The largest absolute Gasteiger partial charge is 0.497 e. The van der Waals surface area contributed by atoms with E-state index in [4.69, 9.17) is 9.84 Å². The normalized spacial score (nSPS) is 12.1. The lowest BCUT2D eigenvalue weighted by atomic mass is 10.1. The number of amides is 1. The lowest BCUT2D eigenvalue weighted by molar-refractivity contribution is 0.189. The number of H-pyrrole nitrogens is 1. The predicted octanol–water partition coefficient (Wildman–Crippen LogP) is 3.26. The van der Waals surface area contributed by atoms with Crippen molar-refractivity contribution in [1.82, 2.24) is 15.3 Å². The summed E-state index contributed by atoms with van der Waals surface area (Å²) in [6.07, 6.45) is -0.799. The number of para-hydroxylation sites is 1. The van der Waals surface area contributed by atoms with Gasteiger partial charge >= 0.3 is 6.09 Å². The van der Waals surface area contributed by atoms with Crippen LogP contribution in [0, 0.1) is 5.82 Å². The first-order valence-electron chi connectivity index (χ1n) is 7.33. The van der Waals surface area contributed by atoms with Gasteiger partial charge in [-0.25, -0.2) is 14.2 Å². The minimum Gasteiger partial charge on any atom is -0.497 e. The molecule has 0 aliphatic carbocycles. The van der Waals surface area contributed by atoms with E-state index < -0.39 is 18.0 Å². The molecule has 1 heterocycles. The Labute approximate surface area is 137 Å². The number of aromatic amines is 1. The van der Waals surface area contributed by atoms with E-state index in [1.807, 2.05) is 12.1 Å². The molecule has 0 bridgehead atoms. The number of carbonyl (C=O) groups is 1. The van der Waals surface area contributed by atoms with Crippen LogP contribution in [0.25, 0.3) is 11.0 Å². The van der Waals surface area contributed by atoms with Crippen molar-refractivity contribution >= 4 is 17.1 Å². The molecule has 0 spiro atoms. The van der Waals surface area contributed by atoms with Crippen LogP contribution >= 0.6 is 0 Å². The van der Waals surface area contributed by atoms with E-state index in [2.05, 4.69) is 15.3 Å². The van der Waals surface area contributed by atoms with Gasteiger partial charge in [0.25, 0.3) is 0 Å². The Bertz CT molecular complexity index is 861. The number of hydrogen-bond acceptors (Lipinski definition) is 3. The maximum atomic E-state index is 13.8. The Kier molecular flexibility index (Phi) is 4.33. The van der Waals surface area contributed by atoms with Crippen LogP contribution in [-0.2, 0) is 6.42 Å². The number of imidazole rings is 1. The number of aromatic nitrogens is 2. The SMILES string of the molecule is COc1ccc(C[C@@H](NC(=O)O)c2nc3c(F)cccc3[nH]2)cc1. The number of carboxylic acid groups (broad SMARTS) is 1. The summed E-state index contributed by atoms with van der Waals surface area (Å²) in [6.45, 7) is 0. The number of methoxy groups -OCH3 is 1. The van der Waals surface area contributed by atoms with E-state index in [0.717, 1.165) is 5.56 Å². The first-order chi connectivity index (χ1) is 11.6. The van der Waals surface area contributed by atoms with Gasteiger partial charge in [0.2, 0.25) is 0 Å². The molecule has 0 saturated carbocycles. The second-order valence-electron chi connectivity index (χ2n) is 5.31. The average molecular weight is 329 g/mol. The zero-order valence-corrected chi connectivity index (χ0v) is 12.9. The lowest BCUT2D eigenvalue weighted by Crippen LogP contribution is -2.29. The molecule has 3 aromatic rings. The van der Waals surface area contributed by atoms with Crippen LogP contribution in [0.2, 0.25) is 0 Å². The van der Waals surface area contributed by atoms with Gasteiger partial charge in [-0.2, -0.15) is 0 Å². The summed E-state index contributed by atoms with van der Waals surface area (Å²) in [6, 6.07) is 11.2. The van der Waals surface area contributed by atoms with Crippen LogP contribution in [0.1, 0.15) is 17.4 Å². The molecule has 1 atom stereocenters. The minimum absolute atomic E-state index is 0.194. The summed E-state index contributed by atoms with van der Waals surface area (Å²) in [5.74, 6) is 0.633. The van der Waals surface area contributed by atoms with E-state index in [0.29, 0.717) is 23.5 Å². The van der Waals surface area contributed by atoms with E-state index in [1.54, 1.807) is 31.4 Å². The smallest absolute Gasteiger partial charge is 0.405 e. The van der Waals surface area contributed by atoms with Crippen LogP contribution in [0.3, 0.4) is 0 Å². The monoisotopic (exact) mass is 329 g/mol. The highest BCUT2D eigenvalue weighted by Gasteiger charge is 2.19. The first kappa shape index (κ1) is 15.8. The van der Waals surface area contributed by atoms with Crippen molar-refractivity contribution in [3.8, 4) is 5.75 Å². The van der Waals surface area contributed by atoms with Crippen LogP contribution < -0.4 is 10.1 Å². The van der Waals surface area contributed by atoms with Gasteiger partial charge in [-0.15, -0.1) is 0 Å². The zero-order valence-electron chi connectivity index (χ0n) is 12.9. The summed E-state index contributed by atoms with van der Waals surface area (Å²) >= 11 is 0. The topological polar surface area (TPSA) is 87.2 Å². The Hall–Kier alpha value is -3.09. The Morgan fingerprint density at radius 3 is 2.71 bits per heavy atom. The summed E-state index contributed by atoms with van der Waals surface area (Å²) in [5.41, 5.74) is 1.62. The van der Waals surface area contributed by atoms with Crippen LogP contribution in [-0.4, -0.2) is 28.3 Å². The first-order valence-corrected chi connectivity index (χ1v) is 7.33. The average Bonchev–Trinajstić information content (AvgIpc) is 3.00. The molecule has 0 fully saturated rings. The Morgan fingerprint density at radius 1 is 1.33 bits per heavy atom. The summed E-state index contributed by atoms with van der Waals surface area (Å²) in [5, 5.41) is 11.5. The summed E-state index contributed by atoms with van der Waals surface area (Å²) < 4.78 is 18.9. The van der Waals surface area contributed by atoms with E-state index in [1.165, 1.54) is 6.07 Å². The van der Waals surface area contributed by atoms with Gasteiger partial charge in [0.15, 0.2) is 5.82 Å². The molecular formula is C17H16FN3O3. The highest BCUT2D eigenvalue weighted by atomic mass is 19.1. The number of nitrogens with one attached hydrogen (secondary N) is 2. The molecule has 0 saturated heterocycles. The van der Waals surface area contributed by atoms with Crippen LogP contribution in [0.5, 0.6) is 5.75 Å². The molecule has 1 aromatic heterocycles. The second kappa shape index (κ2) is 6.57. The maximum absolute atomic E-state index is 13.8. The second-order valence-corrected chi connectivity index (χ2v) is 5.31. The molecular weight excluding hydrogens is 313 g/mol. The van der Waals surface area contributed by atoms with Crippen molar-refractivity contribution in [2.45, 2.75) is 12.5 Å². The molecule has 0 unspecified atom stereocenters. The highest BCUT2D eigenvalue weighted by molar-refractivity contribution is 5.76. The Morgan fingerprint density at radius 2 is 2.08 bits per heavy atom. The quantitative estimate of drug-likeness (QED) is 0.670. The van der Waals surface area contributed by atoms with Crippen molar-refractivity contribution < 1.29 is 19.0 Å². The number of halogens is 1.